The molecule has 21 heavy (non-hydrogen) atoms. The van der Waals surface area contributed by atoms with Gasteiger partial charge >= 0.3 is 0 Å². The summed E-state index contributed by atoms with van der Waals surface area (Å²) in [6.45, 7) is 4.91. The minimum absolute atomic E-state index is 0.121. The molecule has 1 aliphatic rings. The third-order valence-corrected chi connectivity index (χ3v) is 4.30. The van der Waals surface area contributed by atoms with E-state index in [1.165, 1.54) is 25.0 Å². The van der Waals surface area contributed by atoms with E-state index in [4.69, 9.17) is 0 Å². The van der Waals surface area contributed by atoms with Crippen LogP contribution in [0.5, 0.6) is 0 Å². The molecule has 0 saturated carbocycles. The third kappa shape index (κ3) is 5.46. The monoisotopic (exact) mass is 292 g/mol. The van der Waals surface area contributed by atoms with Crippen LogP contribution in [0.3, 0.4) is 0 Å². The number of nitrogens with one attached hydrogen (secondary N) is 2. The molecular formula is C17H25FN2O. The third-order valence-electron chi connectivity index (χ3n) is 4.30. The molecule has 2 atom stereocenters. The zero-order valence-electron chi connectivity index (χ0n) is 12.7. The van der Waals surface area contributed by atoms with Crippen molar-refractivity contribution in [2.45, 2.75) is 32.6 Å². The quantitative estimate of drug-likeness (QED) is 0.846. The van der Waals surface area contributed by atoms with Crippen molar-refractivity contribution in [3.8, 4) is 0 Å². The molecule has 4 heteroatoms. The Hall–Kier alpha value is -1.42. The highest BCUT2D eigenvalue weighted by atomic mass is 19.1. The predicted molar refractivity (Wildman–Crippen MR) is 82.5 cm³/mol. The summed E-state index contributed by atoms with van der Waals surface area (Å²) in [4.78, 5) is 11.9. The van der Waals surface area contributed by atoms with Crippen molar-refractivity contribution in [1.29, 1.82) is 0 Å². The lowest BCUT2D eigenvalue weighted by molar-refractivity contribution is -0.122. The molecule has 0 aromatic heterocycles. The van der Waals surface area contributed by atoms with Gasteiger partial charge < -0.3 is 10.6 Å². The van der Waals surface area contributed by atoms with Crippen molar-refractivity contribution < 1.29 is 9.18 Å². The molecule has 116 valence electrons. The number of amides is 1. The van der Waals surface area contributed by atoms with Crippen LogP contribution in [0.4, 0.5) is 4.39 Å². The van der Waals surface area contributed by atoms with E-state index in [0.717, 1.165) is 25.1 Å². The number of rotatable bonds is 6. The van der Waals surface area contributed by atoms with Gasteiger partial charge in [-0.15, -0.1) is 0 Å². The summed E-state index contributed by atoms with van der Waals surface area (Å²) >= 11 is 0. The highest BCUT2D eigenvalue weighted by molar-refractivity contribution is 5.76. The van der Waals surface area contributed by atoms with Gasteiger partial charge in [-0.3, -0.25) is 4.79 Å². The molecule has 0 spiro atoms. The van der Waals surface area contributed by atoms with Gasteiger partial charge in [0.25, 0.3) is 0 Å². The van der Waals surface area contributed by atoms with Crippen LogP contribution in [0.2, 0.25) is 0 Å². The summed E-state index contributed by atoms with van der Waals surface area (Å²) in [5.74, 6) is 0.929. The first kappa shape index (κ1) is 16.0. The van der Waals surface area contributed by atoms with Crippen molar-refractivity contribution in [2.75, 3.05) is 19.6 Å². The fourth-order valence-corrected chi connectivity index (χ4v) is 2.89. The Kier molecular flexibility index (Phi) is 6.18. The highest BCUT2D eigenvalue weighted by Crippen LogP contribution is 2.22. The first-order valence-corrected chi connectivity index (χ1v) is 7.87. The molecule has 1 aromatic rings. The van der Waals surface area contributed by atoms with Crippen LogP contribution in [0, 0.1) is 17.7 Å². The maximum absolute atomic E-state index is 12.8. The lowest BCUT2D eigenvalue weighted by Gasteiger charge is -2.28. The zero-order chi connectivity index (χ0) is 15.1. The van der Waals surface area contributed by atoms with Gasteiger partial charge in [0, 0.05) is 13.0 Å². The summed E-state index contributed by atoms with van der Waals surface area (Å²) in [7, 11) is 0. The number of hydrogen-bond acceptors (Lipinski definition) is 2. The Morgan fingerprint density at radius 3 is 2.86 bits per heavy atom. The Balaban J connectivity index is 1.65. The second-order valence-electron chi connectivity index (χ2n) is 6.01. The van der Waals surface area contributed by atoms with E-state index in [1.54, 1.807) is 12.1 Å². The molecule has 1 aromatic carbocycles. The summed E-state index contributed by atoms with van der Waals surface area (Å²) in [6, 6.07) is 6.43. The van der Waals surface area contributed by atoms with Gasteiger partial charge in [-0.05, 0) is 61.9 Å². The lowest BCUT2D eigenvalue weighted by atomic mass is 9.85. The molecule has 1 aliphatic heterocycles. The van der Waals surface area contributed by atoms with Crippen LogP contribution in [-0.4, -0.2) is 25.5 Å². The Bertz CT molecular complexity index is 441. The van der Waals surface area contributed by atoms with Gasteiger partial charge in [0.05, 0.1) is 0 Å². The molecule has 1 amide bonds. The average Bonchev–Trinajstić information content (AvgIpc) is 2.50. The van der Waals surface area contributed by atoms with Crippen molar-refractivity contribution >= 4 is 5.91 Å². The molecule has 2 unspecified atom stereocenters. The number of benzene rings is 1. The van der Waals surface area contributed by atoms with Crippen molar-refractivity contribution in [3.63, 3.8) is 0 Å². The Labute approximate surface area is 126 Å². The number of carbonyl (C=O) groups is 1. The second kappa shape index (κ2) is 8.13. The van der Waals surface area contributed by atoms with Gasteiger partial charge in [-0.2, -0.15) is 0 Å². The molecule has 1 saturated heterocycles. The van der Waals surface area contributed by atoms with Crippen LogP contribution in [0.25, 0.3) is 0 Å². The van der Waals surface area contributed by atoms with Crippen molar-refractivity contribution in [2.24, 2.45) is 11.8 Å². The number of halogens is 1. The SMILES string of the molecule is CC(CC(=O)NCCc1ccc(F)cc1)C1CCCNC1. The smallest absolute Gasteiger partial charge is 0.220 e. The van der Waals surface area contributed by atoms with Gasteiger partial charge in [-0.1, -0.05) is 19.1 Å². The molecule has 0 bridgehead atoms. The Morgan fingerprint density at radius 1 is 1.43 bits per heavy atom. The molecule has 2 N–H and O–H groups in total. The second-order valence-corrected chi connectivity index (χ2v) is 6.01. The van der Waals surface area contributed by atoms with Crippen LogP contribution in [0.1, 0.15) is 31.7 Å². The summed E-state index contributed by atoms with van der Waals surface area (Å²) in [6.07, 6.45) is 3.76. The largest absolute Gasteiger partial charge is 0.356 e. The van der Waals surface area contributed by atoms with E-state index in [-0.39, 0.29) is 11.7 Å². The summed E-state index contributed by atoms with van der Waals surface area (Å²) < 4.78 is 12.8. The van der Waals surface area contributed by atoms with E-state index >= 15 is 0 Å². The molecule has 0 radical (unpaired) electrons. The van der Waals surface area contributed by atoms with E-state index in [2.05, 4.69) is 17.6 Å². The van der Waals surface area contributed by atoms with E-state index in [0.29, 0.717) is 24.8 Å². The van der Waals surface area contributed by atoms with Crippen LogP contribution in [-0.2, 0) is 11.2 Å². The van der Waals surface area contributed by atoms with Crippen LogP contribution < -0.4 is 10.6 Å². The number of carbonyl (C=O) groups excluding carboxylic acids is 1. The van der Waals surface area contributed by atoms with E-state index < -0.39 is 0 Å². The fourth-order valence-electron chi connectivity index (χ4n) is 2.89. The van der Waals surface area contributed by atoms with Crippen LogP contribution >= 0.6 is 0 Å². The molecule has 1 heterocycles. The fraction of sp³-hybridized carbons (Fsp3) is 0.588. The van der Waals surface area contributed by atoms with E-state index in [9.17, 15) is 9.18 Å². The molecule has 0 aliphatic carbocycles. The van der Waals surface area contributed by atoms with Gasteiger partial charge in [0.2, 0.25) is 5.91 Å². The normalized spacial score (nSPS) is 20.0. The standard InChI is InChI=1S/C17H25FN2O/c1-13(15-3-2-9-19-12-15)11-17(21)20-10-8-14-4-6-16(18)7-5-14/h4-7,13,15,19H,2-3,8-12H2,1H3,(H,20,21). The number of piperidine rings is 1. The minimum atomic E-state index is -0.224. The van der Waals surface area contributed by atoms with Gasteiger partial charge in [-0.25, -0.2) is 4.39 Å². The van der Waals surface area contributed by atoms with Crippen LogP contribution in [0.15, 0.2) is 24.3 Å². The Morgan fingerprint density at radius 2 is 2.19 bits per heavy atom. The zero-order valence-corrected chi connectivity index (χ0v) is 12.7. The topological polar surface area (TPSA) is 41.1 Å². The predicted octanol–water partition coefficient (Wildman–Crippen LogP) is 2.51. The number of hydrogen-bond donors (Lipinski definition) is 2. The molecular weight excluding hydrogens is 267 g/mol. The summed E-state index contributed by atoms with van der Waals surface area (Å²) in [5.41, 5.74) is 1.04. The first-order chi connectivity index (χ1) is 10.1. The minimum Gasteiger partial charge on any atom is -0.356 e. The molecule has 3 nitrogen and oxygen atoms in total. The first-order valence-electron chi connectivity index (χ1n) is 7.87. The van der Waals surface area contributed by atoms with Gasteiger partial charge in [0.1, 0.15) is 5.82 Å². The molecule has 1 fully saturated rings. The van der Waals surface area contributed by atoms with Gasteiger partial charge in [0.15, 0.2) is 0 Å². The van der Waals surface area contributed by atoms with Crippen molar-refractivity contribution in [1.82, 2.24) is 10.6 Å². The average molecular weight is 292 g/mol. The maximum Gasteiger partial charge on any atom is 0.220 e. The lowest BCUT2D eigenvalue weighted by Crippen LogP contribution is -2.36. The van der Waals surface area contributed by atoms with E-state index in [1.807, 2.05) is 0 Å². The highest BCUT2D eigenvalue weighted by Gasteiger charge is 2.21. The maximum atomic E-state index is 12.8. The summed E-state index contributed by atoms with van der Waals surface area (Å²) in [5, 5.41) is 6.36. The van der Waals surface area contributed by atoms with Crippen molar-refractivity contribution in [3.05, 3.63) is 35.6 Å². The molecule has 2 rings (SSSR count).